The van der Waals surface area contributed by atoms with Crippen molar-refractivity contribution in [3.8, 4) is 0 Å². The van der Waals surface area contributed by atoms with Gasteiger partial charge in [-0.15, -0.1) is 34.2 Å². The van der Waals surface area contributed by atoms with Gasteiger partial charge < -0.3 is 24.7 Å². The number of nitrogens with one attached hydrogen (secondary N) is 2. The molecule has 0 aliphatic heterocycles. The van der Waals surface area contributed by atoms with E-state index in [-0.39, 0.29) is 24.0 Å². The van der Waals surface area contributed by atoms with Crippen molar-refractivity contribution in [2.45, 2.75) is 39.7 Å². The fraction of sp³-hybridized carbons (Fsp3) is 0.824. The first kappa shape index (κ1) is 23.1. The summed E-state index contributed by atoms with van der Waals surface area (Å²) in [7, 11) is 3.65. The Morgan fingerprint density at radius 1 is 1.27 bits per heavy atom. The first-order valence-electron chi connectivity index (χ1n) is 9.04. The zero-order valence-electron chi connectivity index (χ0n) is 16.4. The molecule has 8 nitrogen and oxygen atoms in total. The van der Waals surface area contributed by atoms with Crippen molar-refractivity contribution in [1.29, 1.82) is 0 Å². The van der Waals surface area contributed by atoms with Gasteiger partial charge in [0.2, 0.25) is 0 Å². The van der Waals surface area contributed by atoms with Gasteiger partial charge in [-0.1, -0.05) is 0 Å². The summed E-state index contributed by atoms with van der Waals surface area (Å²) in [5, 5.41) is 15.0. The number of ether oxygens (including phenoxy) is 2. The zero-order valence-corrected chi connectivity index (χ0v) is 18.7. The van der Waals surface area contributed by atoms with E-state index in [0.29, 0.717) is 25.1 Å². The van der Waals surface area contributed by atoms with E-state index in [1.54, 1.807) is 7.11 Å². The van der Waals surface area contributed by atoms with Gasteiger partial charge in [0.25, 0.3) is 0 Å². The Labute approximate surface area is 173 Å². The third-order valence-electron chi connectivity index (χ3n) is 4.73. The highest BCUT2D eigenvalue weighted by Crippen LogP contribution is 2.48. The van der Waals surface area contributed by atoms with Gasteiger partial charge in [0.1, 0.15) is 12.4 Å². The van der Waals surface area contributed by atoms with E-state index in [1.165, 1.54) is 12.8 Å². The van der Waals surface area contributed by atoms with Crippen LogP contribution in [0.1, 0.15) is 37.8 Å². The van der Waals surface area contributed by atoms with Gasteiger partial charge in [-0.25, -0.2) is 4.99 Å². The maximum Gasteiger partial charge on any atom is 0.191 e. The fourth-order valence-corrected chi connectivity index (χ4v) is 2.58. The molecule has 2 N–H and O–H groups in total. The Morgan fingerprint density at radius 3 is 2.62 bits per heavy atom. The van der Waals surface area contributed by atoms with E-state index in [9.17, 15) is 0 Å². The number of aromatic nitrogens is 3. The SMILES string of the molecule is CCOCCC1(CNC(=NCc2nnc(C)n2C)NCCOC)CC1.I. The predicted octanol–water partition coefficient (Wildman–Crippen LogP) is 1.63. The molecular formula is C17H33IN6O2. The highest BCUT2D eigenvalue weighted by molar-refractivity contribution is 14.0. The minimum Gasteiger partial charge on any atom is -0.383 e. The molecule has 2 rings (SSSR count). The van der Waals surface area contributed by atoms with Crippen LogP contribution in [0.3, 0.4) is 0 Å². The highest BCUT2D eigenvalue weighted by Gasteiger charge is 2.41. The lowest BCUT2D eigenvalue weighted by atomic mass is 10.0. The molecule has 0 aromatic carbocycles. The average molecular weight is 480 g/mol. The van der Waals surface area contributed by atoms with E-state index in [0.717, 1.165) is 43.8 Å². The third-order valence-corrected chi connectivity index (χ3v) is 4.73. The summed E-state index contributed by atoms with van der Waals surface area (Å²) in [6.45, 7) is 8.35. The summed E-state index contributed by atoms with van der Waals surface area (Å²) in [5.74, 6) is 2.53. The Kier molecular flexibility index (Phi) is 10.4. The van der Waals surface area contributed by atoms with Crippen molar-refractivity contribution in [2.75, 3.05) is 40.0 Å². The van der Waals surface area contributed by atoms with Crippen LogP contribution in [-0.2, 0) is 23.1 Å². The number of aliphatic imine (C=N–C) groups is 1. The quantitative estimate of drug-likeness (QED) is 0.217. The number of methoxy groups -OCH3 is 1. The van der Waals surface area contributed by atoms with Crippen molar-refractivity contribution in [1.82, 2.24) is 25.4 Å². The third kappa shape index (κ3) is 7.36. The van der Waals surface area contributed by atoms with Gasteiger partial charge in [0.15, 0.2) is 11.8 Å². The summed E-state index contributed by atoms with van der Waals surface area (Å²) >= 11 is 0. The molecule has 0 radical (unpaired) electrons. The van der Waals surface area contributed by atoms with Gasteiger partial charge in [0.05, 0.1) is 6.61 Å². The number of hydrogen-bond acceptors (Lipinski definition) is 5. The molecule has 0 atom stereocenters. The number of nitrogens with zero attached hydrogens (tertiary/aromatic N) is 4. The second-order valence-corrected chi connectivity index (χ2v) is 6.61. The van der Waals surface area contributed by atoms with E-state index in [4.69, 9.17) is 9.47 Å². The van der Waals surface area contributed by atoms with Gasteiger partial charge in [0, 0.05) is 40.5 Å². The van der Waals surface area contributed by atoms with Crippen LogP contribution in [0.4, 0.5) is 0 Å². The van der Waals surface area contributed by atoms with Gasteiger partial charge >= 0.3 is 0 Å². The Morgan fingerprint density at radius 2 is 2.04 bits per heavy atom. The topological polar surface area (TPSA) is 85.6 Å². The lowest BCUT2D eigenvalue weighted by molar-refractivity contribution is 0.128. The van der Waals surface area contributed by atoms with Crippen molar-refractivity contribution in [3.63, 3.8) is 0 Å². The Hall–Kier alpha value is -0.940. The van der Waals surface area contributed by atoms with E-state index in [1.807, 2.05) is 25.5 Å². The number of hydrogen-bond donors (Lipinski definition) is 2. The van der Waals surface area contributed by atoms with Crippen LogP contribution < -0.4 is 10.6 Å². The molecule has 0 saturated heterocycles. The van der Waals surface area contributed by atoms with Crippen LogP contribution in [0, 0.1) is 12.3 Å². The van der Waals surface area contributed by atoms with Crippen molar-refractivity contribution in [3.05, 3.63) is 11.6 Å². The van der Waals surface area contributed by atoms with Gasteiger partial charge in [-0.3, -0.25) is 0 Å². The largest absolute Gasteiger partial charge is 0.383 e. The van der Waals surface area contributed by atoms with Gasteiger partial charge in [-0.05, 0) is 38.5 Å². The van der Waals surface area contributed by atoms with E-state index >= 15 is 0 Å². The average Bonchev–Trinajstić information content (AvgIpc) is 3.31. The molecule has 26 heavy (non-hydrogen) atoms. The molecule has 1 heterocycles. The summed E-state index contributed by atoms with van der Waals surface area (Å²) < 4.78 is 12.6. The molecule has 1 aromatic heterocycles. The number of guanidine groups is 1. The molecular weight excluding hydrogens is 447 g/mol. The van der Waals surface area contributed by atoms with Crippen LogP contribution in [0.5, 0.6) is 0 Å². The minimum absolute atomic E-state index is 0. The summed E-state index contributed by atoms with van der Waals surface area (Å²) in [6.07, 6.45) is 3.60. The first-order valence-corrected chi connectivity index (χ1v) is 9.04. The molecule has 1 aromatic rings. The molecule has 0 unspecified atom stereocenters. The molecule has 150 valence electrons. The van der Waals surface area contributed by atoms with Crippen LogP contribution in [0.25, 0.3) is 0 Å². The second-order valence-electron chi connectivity index (χ2n) is 6.61. The number of halogens is 1. The maximum atomic E-state index is 5.51. The normalized spacial score (nSPS) is 15.5. The monoisotopic (exact) mass is 480 g/mol. The fourth-order valence-electron chi connectivity index (χ4n) is 2.58. The van der Waals surface area contributed by atoms with E-state index in [2.05, 4.69) is 25.8 Å². The minimum atomic E-state index is 0. The molecule has 0 amide bonds. The number of rotatable bonds is 11. The Balaban J connectivity index is 0.00000338. The summed E-state index contributed by atoms with van der Waals surface area (Å²) in [4.78, 5) is 4.65. The second kappa shape index (κ2) is 11.7. The predicted molar refractivity (Wildman–Crippen MR) is 113 cm³/mol. The molecule has 1 aliphatic rings. The highest BCUT2D eigenvalue weighted by atomic mass is 127. The molecule has 1 fully saturated rings. The van der Waals surface area contributed by atoms with E-state index < -0.39 is 0 Å². The summed E-state index contributed by atoms with van der Waals surface area (Å²) in [6, 6.07) is 0. The zero-order chi connectivity index (χ0) is 18.1. The molecule has 1 saturated carbocycles. The Bertz CT molecular complexity index is 559. The van der Waals surface area contributed by atoms with Crippen LogP contribution in [0.2, 0.25) is 0 Å². The lowest BCUT2D eigenvalue weighted by Crippen LogP contribution is -2.42. The smallest absolute Gasteiger partial charge is 0.191 e. The number of aryl methyl sites for hydroxylation is 1. The maximum absolute atomic E-state index is 5.51. The molecule has 1 aliphatic carbocycles. The van der Waals surface area contributed by atoms with Crippen molar-refractivity contribution >= 4 is 29.9 Å². The first-order chi connectivity index (χ1) is 12.1. The van der Waals surface area contributed by atoms with Crippen LogP contribution >= 0.6 is 24.0 Å². The summed E-state index contributed by atoms with van der Waals surface area (Å²) in [5.41, 5.74) is 0.361. The molecule has 0 spiro atoms. The van der Waals surface area contributed by atoms with Crippen molar-refractivity contribution < 1.29 is 9.47 Å². The molecule has 0 bridgehead atoms. The van der Waals surface area contributed by atoms with Crippen LogP contribution in [0.15, 0.2) is 4.99 Å². The standard InChI is InChI=1S/C17H32N6O2.HI/c1-5-25-10-8-17(6-7-17)13-20-16(18-9-11-24-4)19-12-15-22-21-14(2)23(15)3;/h5-13H2,1-4H3,(H2,18,19,20);1H. The van der Waals surface area contributed by atoms with Crippen LogP contribution in [-0.4, -0.2) is 60.7 Å². The lowest BCUT2D eigenvalue weighted by Gasteiger charge is -2.18. The van der Waals surface area contributed by atoms with Gasteiger partial charge in [-0.2, -0.15) is 0 Å². The van der Waals surface area contributed by atoms with Crippen molar-refractivity contribution in [2.24, 2.45) is 17.5 Å². The molecule has 9 heteroatoms.